The van der Waals surface area contributed by atoms with Crippen molar-refractivity contribution in [1.29, 1.82) is 0 Å². The lowest BCUT2D eigenvalue weighted by Gasteiger charge is -2.36. The molecule has 1 N–H and O–H groups in total. The van der Waals surface area contributed by atoms with Crippen LogP contribution in [0, 0.1) is 11.8 Å². The topological polar surface area (TPSA) is 116 Å². The summed E-state index contributed by atoms with van der Waals surface area (Å²) in [6.45, 7) is 11.2. The molecule has 0 bridgehead atoms. The van der Waals surface area contributed by atoms with Gasteiger partial charge in [-0.2, -0.15) is 0 Å². The average Bonchev–Trinajstić information content (AvgIpc) is 2.97. The number of aliphatic hydroxyl groups is 1. The van der Waals surface area contributed by atoms with Crippen LogP contribution in [0.4, 0.5) is 0 Å². The predicted molar refractivity (Wildman–Crippen MR) is 106 cm³/mol. The first-order chi connectivity index (χ1) is 13.9. The third-order valence-corrected chi connectivity index (χ3v) is 5.58. The number of fused-ring (bicyclic) bond motifs is 1. The van der Waals surface area contributed by atoms with Crippen LogP contribution in [0.1, 0.15) is 41.0 Å². The molecule has 30 heavy (non-hydrogen) atoms. The van der Waals surface area contributed by atoms with E-state index in [-0.39, 0.29) is 12.0 Å². The van der Waals surface area contributed by atoms with Gasteiger partial charge in [0.25, 0.3) is 0 Å². The fourth-order valence-corrected chi connectivity index (χ4v) is 3.64. The van der Waals surface area contributed by atoms with Crippen molar-refractivity contribution >= 4 is 23.7 Å². The quantitative estimate of drug-likeness (QED) is 0.417. The van der Waals surface area contributed by atoms with Crippen molar-refractivity contribution < 1.29 is 38.5 Å². The van der Waals surface area contributed by atoms with Crippen LogP contribution < -0.4 is 0 Å². The van der Waals surface area contributed by atoms with Crippen molar-refractivity contribution in [3.63, 3.8) is 0 Å². The molecule has 1 aliphatic heterocycles. The fraction of sp³-hybridized carbons (Fsp3) is 0.545. The Labute approximate surface area is 175 Å². The summed E-state index contributed by atoms with van der Waals surface area (Å²) in [6.07, 6.45) is 0.693. The molecule has 0 radical (unpaired) electrons. The molecule has 8 nitrogen and oxygen atoms in total. The molecule has 0 aromatic rings. The first kappa shape index (κ1) is 23.5. The van der Waals surface area contributed by atoms with Gasteiger partial charge < -0.3 is 19.3 Å². The average molecular weight is 420 g/mol. The molecule has 0 unspecified atom stereocenters. The van der Waals surface area contributed by atoms with Gasteiger partial charge in [0.15, 0.2) is 11.4 Å². The SMILES string of the molecule is C=C1C(=O)O[C@@H]2[C@@H](O)[C@@H](C)/C=C/C(=O)[C@@](C)(OC(C)=O)C[C@@H](OC(=O)/C(C)=C\C)[C@@H]12. The number of aliphatic hydroxyl groups excluding tert-OH is 1. The van der Waals surface area contributed by atoms with E-state index in [1.807, 2.05) is 0 Å². The molecule has 1 heterocycles. The summed E-state index contributed by atoms with van der Waals surface area (Å²) in [6, 6.07) is 0. The second-order valence-electron chi connectivity index (χ2n) is 7.94. The largest absolute Gasteiger partial charge is 0.458 e. The van der Waals surface area contributed by atoms with E-state index in [1.165, 1.54) is 26.0 Å². The molecule has 1 aliphatic carbocycles. The zero-order chi connectivity index (χ0) is 22.8. The number of carbonyl (C=O) groups is 4. The second-order valence-corrected chi connectivity index (χ2v) is 7.94. The number of allylic oxidation sites excluding steroid dienone is 1. The van der Waals surface area contributed by atoms with Gasteiger partial charge in [-0.05, 0) is 26.8 Å². The summed E-state index contributed by atoms with van der Waals surface area (Å²) in [5, 5.41) is 10.8. The Morgan fingerprint density at radius 2 is 1.97 bits per heavy atom. The molecular weight excluding hydrogens is 392 g/mol. The zero-order valence-electron chi connectivity index (χ0n) is 17.8. The smallest absolute Gasteiger partial charge is 0.334 e. The third kappa shape index (κ3) is 4.70. The standard InChI is InChI=1S/C22H28O8/c1-7-11(2)20(26)28-15-10-22(6,30-14(5)23)16(24)9-8-12(3)18(25)19-17(15)13(4)21(27)29-19/h7-9,12,15,17-19,25H,4,10H2,1-3,5-6H3/b9-8+,11-7-/t12-,15+,17+,18-,19-,22-/m0/s1. The highest BCUT2D eigenvalue weighted by atomic mass is 16.6. The number of carbonyl (C=O) groups excluding carboxylic acids is 4. The summed E-state index contributed by atoms with van der Waals surface area (Å²) in [4.78, 5) is 49.4. The maximum absolute atomic E-state index is 12.9. The molecule has 164 valence electrons. The van der Waals surface area contributed by atoms with E-state index >= 15 is 0 Å². The molecule has 0 amide bonds. The van der Waals surface area contributed by atoms with Crippen LogP contribution in [0.5, 0.6) is 0 Å². The summed E-state index contributed by atoms with van der Waals surface area (Å²) < 4.78 is 16.3. The van der Waals surface area contributed by atoms with Crippen molar-refractivity contribution in [2.24, 2.45) is 11.8 Å². The second kappa shape index (κ2) is 8.95. The third-order valence-electron chi connectivity index (χ3n) is 5.58. The Hall–Kier alpha value is -2.74. The maximum atomic E-state index is 12.9. The highest BCUT2D eigenvalue weighted by Crippen LogP contribution is 2.39. The lowest BCUT2D eigenvalue weighted by molar-refractivity contribution is -0.171. The number of hydrogen-bond donors (Lipinski definition) is 1. The highest BCUT2D eigenvalue weighted by Gasteiger charge is 2.52. The van der Waals surface area contributed by atoms with Gasteiger partial charge in [-0.15, -0.1) is 0 Å². The van der Waals surface area contributed by atoms with Gasteiger partial charge in [-0.3, -0.25) is 9.59 Å². The highest BCUT2D eigenvalue weighted by molar-refractivity contribution is 5.98. The summed E-state index contributed by atoms with van der Waals surface area (Å²) in [5.74, 6) is -4.10. The predicted octanol–water partition coefficient (Wildman–Crippen LogP) is 1.81. The minimum atomic E-state index is -1.66. The molecule has 0 spiro atoms. The number of ether oxygens (including phenoxy) is 3. The van der Waals surface area contributed by atoms with Gasteiger partial charge in [0.2, 0.25) is 0 Å². The zero-order valence-corrected chi connectivity index (χ0v) is 17.8. The Balaban J connectivity index is 2.60. The number of esters is 3. The number of hydrogen-bond acceptors (Lipinski definition) is 8. The van der Waals surface area contributed by atoms with Gasteiger partial charge in [0, 0.05) is 30.4 Å². The lowest BCUT2D eigenvalue weighted by atomic mass is 9.78. The van der Waals surface area contributed by atoms with Crippen LogP contribution in [0.2, 0.25) is 0 Å². The normalized spacial score (nSPS) is 35.9. The van der Waals surface area contributed by atoms with Crippen molar-refractivity contribution in [3.8, 4) is 0 Å². The summed E-state index contributed by atoms with van der Waals surface area (Å²) in [5.41, 5.74) is -1.33. The van der Waals surface area contributed by atoms with Gasteiger partial charge in [0.05, 0.1) is 12.0 Å². The van der Waals surface area contributed by atoms with Gasteiger partial charge in [0.1, 0.15) is 12.2 Å². The summed E-state index contributed by atoms with van der Waals surface area (Å²) in [7, 11) is 0. The molecule has 8 heteroatoms. The molecular formula is C22H28O8. The van der Waals surface area contributed by atoms with E-state index in [0.717, 1.165) is 0 Å². The van der Waals surface area contributed by atoms with Crippen LogP contribution >= 0.6 is 0 Å². The fourth-order valence-electron chi connectivity index (χ4n) is 3.64. The van der Waals surface area contributed by atoms with E-state index in [9.17, 15) is 24.3 Å². The van der Waals surface area contributed by atoms with Crippen LogP contribution in [-0.4, -0.2) is 52.7 Å². The Morgan fingerprint density at radius 1 is 1.33 bits per heavy atom. The first-order valence-electron chi connectivity index (χ1n) is 9.75. The van der Waals surface area contributed by atoms with Crippen LogP contribution in [0.25, 0.3) is 0 Å². The molecule has 2 rings (SSSR count). The van der Waals surface area contributed by atoms with Crippen molar-refractivity contribution in [2.45, 2.75) is 65.0 Å². The molecule has 1 fully saturated rings. The Kier molecular flexibility index (Phi) is 7.02. The van der Waals surface area contributed by atoms with Crippen LogP contribution in [0.3, 0.4) is 0 Å². The monoisotopic (exact) mass is 420 g/mol. The van der Waals surface area contributed by atoms with Gasteiger partial charge >= 0.3 is 17.9 Å². The van der Waals surface area contributed by atoms with Crippen molar-refractivity contribution in [2.75, 3.05) is 0 Å². The van der Waals surface area contributed by atoms with Crippen LogP contribution in [0.15, 0.2) is 36.0 Å². The first-order valence-corrected chi connectivity index (χ1v) is 9.75. The maximum Gasteiger partial charge on any atom is 0.334 e. The molecule has 0 aromatic carbocycles. The number of rotatable bonds is 3. The van der Waals surface area contributed by atoms with Crippen molar-refractivity contribution in [3.05, 3.63) is 36.0 Å². The minimum absolute atomic E-state index is 0.0179. The Bertz CT molecular complexity index is 823. The van der Waals surface area contributed by atoms with Crippen LogP contribution in [-0.2, 0) is 33.4 Å². The lowest BCUT2D eigenvalue weighted by Crippen LogP contribution is -2.49. The minimum Gasteiger partial charge on any atom is -0.458 e. The molecule has 2 aliphatic rings. The van der Waals surface area contributed by atoms with E-state index in [2.05, 4.69) is 6.58 Å². The van der Waals surface area contributed by atoms with Gasteiger partial charge in [-0.25, -0.2) is 9.59 Å². The Morgan fingerprint density at radius 3 is 2.53 bits per heavy atom. The number of ketones is 1. The molecule has 0 saturated carbocycles. The van der Waals surface area contributed by atoms with E-state index in [1.54, 1.807) is 26.8 Å². The van der Waals surface area contributed by atoms with E-state index in [0.29, 0.717) is 5.57 Å². The van der Waals surface area contributed by atoms with Gasteiger partial charge in [-0.1, -0.05) is 25.7 Å². The molecule has 1 saturated heterocycles. The van der Waals surface area contributed by atoms with E-state index in [4.69, 9.17) is 14.2 Å². The van der Waals surface area contributed by atoms with E-state index < -0.39 is 59.4 Å². The van der Waals surface area contributed by atoms with Crippen molar-refractivity contribution in [1.82, 2.24) is 0 Å². The summed E-state index contributed by atoms with van der Waals surface area (Å²) >= 11 is 0. The molecule has 6 atom stereocenters. The molecule has 0 aromatic heterocycles.